The van der Waals surface area contributed by atoms with Gasteiger partial charge in [-0.05, 0) is 48.4 Å². The van der Waals surface area contributed by atoms with Crippen LogP contribution in [0.1, 0.15) is 5.56 Å². The molecule has 0 fully saturated rings. The molecule has 0 unspecified atom stereocenters. The van der Waals surface area contributed by atoms with E-state index in [1.807, 2.05) is 71.7 Å². The number of ether oxygens (including phenoxy) is 1. The van der Waals surface area contributed by atoms with Crippen LogP contribution in [-0.2, 0) is 6.42 Å². The number of hydrogen-bond donors (Lipinski definition) is 2. The van der Waals surface area contributed by atoms with Gasteiger partial charge >= 0.3 is 0 Å². The third-order valence-electron chi connectivity index (χ3n) is 3.70. The molecule has 1 aromatic heterocycles. The second-order valence-electron chi connectivity index (χ2n) is 5.50. The minimum absolute atomic E-state index is 0.389. The first-order valence-corrected chi connectivity index (χ1v) is 8.04. The first kappa shape index (κ1) is 16.6. The molecule has 3 rings (SSSR count). The smallest absolute Gasteiger partial charge is 0.193 e. The summed E-state index contributed by atoms with van der Waals surface area (Å²) in [6.07, 6.45) is 4.64. The largest absolute Gasteiger partial charge is 0.497 e. The molecular formula is C19H21N5O. The number of benzene rings is 2. The van der Waals surface area contributed by atoms with Gasteiger partial charge in [0.25, 0.3) is 0 Å². The molecule has 0 aliphatic heterocycles. The van der Waals surface area contributed by atoms with E-state index in [0.29, 0.717) is 12.5 Å². The zero-order valence-corrected chi connectivity index (χ0v) is 14.1. The van der Waals surface area contributed by atoms with Gasteiger partial charge in [0.15, 0.2) is 5.96 Å². The Hall–Kier alpha value is -3.28. The first-order chi connectivity index (χ1) is 12.2. The Morgan fingerprint density at radius 3 is 2.64 bits per heavy atom. The van der Waals surface area contributed by atoms with Crippen molar-refractivity contribution in [2.75, 3.05) is 19.0 Å². The Labute approximate surface area is 147 Å². The third-order valence-corrected chi connectivity index (χ3v) is 3.70. The number of hydrogen-bond acceptors (Lipinski definition) is 3. The number of nitrogens with two attached hydrogens (primary N) is 1. The lowest BCUT2D eigenvalue weighted by Gasteiger charge is -2.06. The Bertz CT molecular complexity index is 825. The van der Waals surface area contributed by atoms with Crippen LogP contribution in [0.5, 0.6) is 5.75 Å². The molecule has 6 nitrogen and oxygen atoms in total. The summed E-state index contributed by atoms with van der Waals surface area (Å²) >= 11 is 0. The maximum Gasteiger partial charge on any atom is 0.193 e. The zero-order valence-electron chi connectivity index (χ0n) is 14.1. The average molecular weight is 335 g/mol. The molecule has 0 amide bonds. The number of para-hydroxylation sites is 1. The van der Waals surface area contributed by atoms with Crippen molar-refractivity contribution in [3.8, 4) is 11.4 Å². The fraction of sp³-hybridized carbons (Fsp3) is 0.158. The minimum atomic E-state index is 0.389. The van der Waals surface area contributed by atoms with E-state index in [4.69, 9.17) is 10.5 Å². The van der Waals surface area contributed by atoms with Crippen molar-refractivity contribution in [1.29, 1.82) is 0 Å². The normalized spacial score (nSPS) is 11.3. The molecular weight excluding hydrogens is 314 g/mol. The Morgan fingerprint density at radius 1 is 1.16 bits per heavy atom. The lowest BCUT2D eigenvalue weighted by atomic mass is 10.2. The topological polar surface area (TPSA) is 77.5 Å². The summed E-state index contributed by atoms with van der Waals surface area (Å²) in [7, 11) is 1.64. The average Bonchev–Trinajstić information content (AvgIpc) is 3.12. The van der Waals surface area contributed by atoms with Crippen molar-refractivity contribution in [2.24, 2.45) is 10.7 Å². The molecule has 3 N–H and O–H groups in total. The Balaban J connectivity index is 1.53. The molecule has 0 saturated carbocycles. The number of methoxy groups -OCH3 is 1. The van der Waals surface area contributed by atoms with Gasteiger partial charge in [0.05, 0.1) is 19.0 Å². The van der Waals surface area contributed by atoms with Crippen LogP contribution in [0.3, 0.4) is 0 Å². The summed E-state index contributed by atoms with van der Waals surface area (Å²) in [5.41, 5.74) is 8.95. The fourth-order valence-electron chi connectivity index (χ4n) is 2.38. The van der Waals surface area contributed by atoms with Crippen LogP contribution in [0.2, 0.25) is 0 Å². The SMILES string of the molecule is COc1ccc(NC(N)=NCCc2cnn(-c3ccccc3)c2)cc1. The number of nitrogens with zero attached hydrogens (tertiary/aromatic N) is 3. The summed E-state index contributed by atoms with van der Waals surface area (Å²) in [5.74, 6) is 1.19. The molecule has 1 heterocycles. The van der Waals surface area contributed by atoms with Gasteiger partial charge < -0.3 is 15.8 Å². The minimum Gasteiger partial charge on any atom is -0.497 e. The number of rotatable bonds is 6. The molecule has 6 heteroatoms. The van der Waals surface area contributed by atoms with Gasteiger partial charge in [-0.1, -0.05) is 18.2 Å². The van der Waals surface area contributed by atoms with Crippen LogP contribution in [0.25, 0.3) is 5.69 Å². The van der Waals surface area contributed by atoms with Gasteiger partial charge in [0.1, 0.15) is 5.75 Å². The molecule has 0 saturated heterocycles. The second kappa shape index (κ2) is 8.01. The quantitative estimate of drug-likeness (QED) is 0.536. The van der Waals surface area contributed by atoms with Crippen LogP contribution >= 0.6 is 0 Å². The highest BCUT2D eigenvalue weighted by Gasteiger charge is 2.01. The van der Waals surface area contributed by atoms with E-state index >= 15 is 0 Å². The van der Waals surface area contributed by atoms with Crippen LogP contribution in [0.15, 0.2) is 72.0 Å². The molecule has 0 spiro atoms. The van der Waals surface area contributed by atoms with Crippen molar-refractivity contribution >= 4 is 11.6 Å². The van der Waals surface area contributed by atoms with Gasteiger partial charge in [-0.3, -0.25) is 4.99 Å². The standard InChI is InChI=1S/C19H21N5O/c1-25-18-9-7-16(8-10-18)23-19(20)21-12-11-15-13-22-24(14-15)17-5-3-2-4-6-17/h2-10,13-14H,11-12H2,1H3,(H3,20,21,23). The first-order valence-electron chi connectivity index (χ1n) is 8.04. The van der Waals surface area contributed by atoms with E-state index in [0.717, 1.165) is 29.1 Å². The van der Waals surface area contributed by atoms with Crippen molar-refractivity contribution < 1.29 is 4.74 Å². The maximum absolute atomic E-state index is 5.92. The highest BCUT2D eigenvalue weighted by Crippen LogP contribution is 2.14. The van der Waals surface area contributed by atoms with Crippen molar-refractivity contribution in [3.05, 3.63) is 72.6 Å². The summed E-state index contributed by atoms with van der Waals surface area (Å²) in [6.45, 7) is 0.593. The number of nitrogens with one attached hydrogen (secondary N) is 1. The van der Waals surface area contributed by atoms with Crippen LogP contribution in [0, 0.1) is 0 Å². The van der Waals surface area contributed by atoms with E-state index in [1.54, 1.807) is 7.11 Å². The van der Waals surface area contributed by atoms with Gasteiger partial charge in [0, 0.05) is 18.4 Å². The molecule has 0 aliphatic rings. The lowest BCUT2D eigenvalue weighted by Crippen LogP contribution is -2.23. The Kier molecular flexibility index (Phi) is 5.31. The number of guanidine groups is 1. The molecule has 0 bridgehead atoms. The maximum atomic E-state index is 5.92. The van der Waals surface area contributed by atoms with Gasteiger partial charge in [-0.2, -0.15) is 5.10 Å². The van der Waals surface area contributed by atoms with E-state index in [1.165, 1.54) is 0 Å². The van der Waals surface area contributed by atoms with E-state index in [2.05, 4.69) is 15.4 Å². The number of aromatic nitrogens is 2. The van der Waals surface area contributed by atoms with Crippen molar-refractivity contribution in [3.63, 3.8) is 0 Å². The van der Waals surface area contributed by atoms with Crippen molar-refractivity contribution in [1.82, 2.24) is 9.78 Å². The van der Waals surface area contributed by atoms with E-state index in [9.17, 15) is 0 Å². The third kappa shape index (κ3) is 4.60. The Morgan fingerprint density at radius 2 is 1.92 bits per heavy atom. The summed E-state index contributed by atoms with van der Waals surface area (Å²) in [6, 6.07) is 17.5. The summed E-state index contributed by atoms with van der Waals surface area (Å²) in [4.78, 5) is 4.35. The van der Waals surface area contributed by atoms with E-state index < -0.39 is 0 Å². The highest BCUT2D eigenvalue weighted by atomic mass is 16.5. The fourth-order valence-corrected chi connectivity index (χ4v) is 2.38. The number of aliphatic imine (C=N–C) groups is 1. The highest BCUT2D eigenvalue weighted by molar-refractivity contribution is 5.92. The summed E-state index contributed by atoms with van der Waals surface area (Å²) in [5, 5.41) is 7.44. The molecule has 0 radical (unpaired) electrons. The molecule has 25 heavy (non-hydrogen) atoms. The van der Waals surface area contributed by atoms with Gasteiger partial charge in [-0.25, -0.2) is 4.68 Å². The lowest BCUT2D eigenvalue weighted by molar-refractivity contribution is 0.415. The molecule has 3 aromatic rings. The van der Waals surface area contributed by atoms with Crippen LogP contribution < -0.4 is 15.8 Å². The van der Waals surface area contributed by atoms with Crippen LogP contribution in [0.4, 0.5) is 5.69 Å². The number of anilines is 1. The summed E-state index contributed by atoms with van der Waals surface area (Å²) < 4.78 is 6.98. The van der Waals surface area contributed by atoms with Crippen LogP contribution in [-0.4, -0.2) is 29.4 Å². The zero-order chi connectivity index (χ0) is 17.5. The molecule has 2 aromatic carbocycles. The van der Waals surface area contributed by atoms with Gasteiger partial charge in [-0.15, -0.1) is 0 Å². The van der Waals surface area contributed by atoms with Gasteiger partial charge in [0.2, 0.25) is 0 Å². The predicted octanol–water partition coefficient (Wildman–Crippen LogP) is 2.85. The van der Waals surface area contributed by atoms with Crippen molar-refractivity contribution in [2.45, 2.75) is 6.42 Å². The second-order valence-corrected chi connectivity index (χ2v) is 5.50. The predicted molar refractivity (Wildman–Crippen MR) is 100 cm³/mol. The monoisotopic (exact) mass is 335 g/mol. The molecule has 0 atom stereocenters. The van der Waals surface area contributed by atoms with E-state index in [-0.39, 0.29) is 0 Å². The molecule has 128 valence electrons. The molecule has 0 aliphatic carbocycles.